The Balaban J connectivity index is 2.48. The summed E-state index contributed by atoms with van der Waals surface area (Å²) in [6, 6.07) is 7.38. The Morgan fingerprint density at radius 1 is 1.42 bits per heavy atom. The molecule has 1 atom stereocenters. The van der Waals surface area contributed by atoms with E-state index < -0.39 is 0 Å². The molecule has 0 fully saturated rings. The first-order valence-corrected chi connectivity index (χ1v) is 6.37. The van der Waals surface area contributed by atoms with E-state index >= 15 is 0 Å². The number of hydrogen-bond acceptors (Lipinski definition) is 3. The quantitative estimate of drug-likeness (QED) is 0.828. The van der Waals surface area contributed by atoms with Gasteiger partial charge in [-0.2, -0.15) is 0 Å². The van der Waals surface area contributed by atoms with E-state index in [1.165, 1.54) is 0 Å². The molecule has 0 aromatic heterocycles. The van der Waals surface area contributed by atoms with Crippen LogP contribution in [-0.2, 0) is 4.79 Å². The van der Waals surface area contributed by atoms with Gasteiger partial charge in [0, 0.05) is 11.3 Å². The maximum absolute atomic E-state index is 11.8. The molecule has 1 aliphatic heterocycles. The van der Waals surface area contributed by atoms with Crippen LogP contribution in [0.1, 0.15) is 25.5 Å². The second-order valence-electron chi connectivity index (χ2n) is 4.40. The highest BCUT2D eigenvalue weighted by Crippen LogP contribution is 2.29. The Bertz CT molecular complexity index is 566. The van der Waals surface area contributed by atoms with Gasteiger partial charge < -0.3 is 15.4 Å². The fraction of sp³-hybridized carbons (Fsp3) is 0.286. The van der Waals surface area contributed by atoms with Gasteiger partial charge in [0.1, 0.15) is 5.75 Å². The van der Waals surface area contributed by atoms with Crippen molar-refractivity contribution >= 4 is 23.1 Å². The van der Waals surface area contributed by atoms with Gasteiger partial charge in [0.05, 0.1) is 13.2 Å². The predicted octanol–water partition coefficient (Wildman–Crippen LogP) is 2.08. The smallest absolute Gasteiger partial charge is 0.171 e. The minimum absolute atomic E-state index is 0.0211. The molecule has 1 aromatic rings. The van der Waals surface area contributed by atoms with Crippen LogP contribution in [-0.4, -0.2) is 18.0 Å². The van der Waals surface area contributed by atoms with Crippen LogP contribution in [0, 0.1) is 0 Å². The second kappa shape index (κ2) is 5.40. The molecule has 2 rings (SSSR count). The standard InChI is InChI=1S/C14H16N2O2S/c1-8-12(9(2)17)13(16-14(19)15-8)10-5-4-6-11(7-10)18-3/h4-7,13H,1-3H3,(H2,15,16,19). The van der Waals surface area contributed by atoms with Crippen LogP contribution in [0.5, 0.6) is 5.75 Å². The topological polar surface area (TPSA) is 50.4 Å². The highest BCUT2D eigenvalue weighted by atomic mass is 32.1. The van der Waals surface area contributed by atoms with E-state index in [1.54, 1.807) is 14.0 Å². The number of carbonyl (C=O) groups is 1. The molecule has 0 saturated carbocycles. The van der Waals surface area contributed by atoms with Crippen molar-refractivity contribution in [2.24, 2.45) is 0 Å². The fourth-order valence-corrected chi connectivity index (χ4v) is 2.50. The first-order chi connectivity index (χ1) is 9.02. The van der Waals surface area contributed by atoms with E-state index in [2.05, 4.69) is 10.6 Å². The molecule has 0 amide bonds. The van der Waals surface area contributed by atoms with E-state index in [-0.39, 0.29) is 11.8 Å². The van der Waals surface area contributed by atoms with Gasteiger partial charge in [0.15, 0.2) is 10.9 Å². The molecular weight excluding hydrogens is 260 g/mol. The number of nitrogens with one attached hydrogen (secondary N) is 2. The SMILES string of the molecule is COc1cccc(C2NC(=S)NC(C)=C2C(C)=O)c1. The number of hydrogen-bond donors (Lipinski definition) is 2. The molecule has 0 bridgehead atoms. The Morgan fingerprint density at radius 2 is 2.16 bits per heavy atom. The summed E-state index contributed by atoms with van der Waals surface area (Å²) in [6.07, 6.45) is 0. The average molecular weight is 276 g/mol. The molecule has 1 aliphatic rings. The van der Waals surface area contributed by atoms with Crippen LogP contribution >= 0.6 is 12.2 Å². The van der Waals surface area contributed by atoms with Crippen molar-refractivity contribution in [3.05, 3.63) is 41.1 Å². The first-order valence-electron chi connectivity index (χ1n) is 5.96. The summed E-state index contributed by atoms with van der Waals surface area (Å²) in [6.45, 7) is 3.42. The third-order valence-corrected chi connectivity index (χ3v) is 3.30. The Kier molecular flexibility index (Phi) is 3.85. The minimum Gasteiger partial charge on any atom is -0.497 e. The maximum Gasteiger partial charge on any atom is 0.171 e. The zero-order valence-electron chi connectivity index (χ0n) is 11.1. The highest BCUT2D eigenvalue weighted by molar-refractivity contribution is 7.80. The van der Waals surface area contributed by atoms with E-state index in [0.29, 0.717) is 10.7 Å². The van der Waals surface area contributed by atoms with Crippen molar-refractivity contribution in [2.75, 3.05) is 7.11 Å². The molecule has 0 saturated heterocycles. The lowest BCUT2D eigenvalue weighted by atomic mass is 9.93. The van der Waals surface area contributed by atoms with Crippen LogP contribution in [0.15, 0.2) is 35.5 Å². The largest absolute Gasteiger partial charge is 0.497 e. The molecule has 100 valence electrons. The second-order valence-corrected chi connectivity index (χ2v) is 4.81. The number of rotatable bonds is 3. The van der Waals surface area contributed by atoms with Crippen LogP contribution in [0.25, 0.3) is 0 Å². The third kappa shape index (κ3) is 2.76. The molecule has 1 aromatic carbocycles. The van der Waals surface area contributed by atoms with E-state index in [1.807, 2.05) is 31.2 Å². The maximum atomic E-state index is 11.8. The van der Waals surface area contributed by atoms with Gasteiger partial charge in [0.25, 0.3) is 0 Å². The zero-order chi connectivity index (χ0) is 14.0. The van der Waals surface area contributed by atoms with Gasteiger partial charge in [-0.1, -0.05) is 12.1 Å². The molecule has 5 heteroatoms. The summed E-state index contributed by atoms with van der Waals surface area (Å²) in [5.41, 5.74) is 2.44. The molecule has 1 unspecified atom stereocenters. The number of ether oxygens (including phenoxy) is 1. The number of methoxy groups -OCH3 is 1. The molecule has 19 heavy (non-hydrogen) atoms. The van der Waals surface area contributed by atoms with E-state index in [0.717, 1.165) is 17.0 Å². The molecule has 1 heterocycles. The summed E-state index contributed by atoms with van der Waals surface area (Å²) >= 11 is 5.16. The van der Waals surface area contributed by atoms with Gasteiger partial charge in [-0.3, -0.25) is 4.79 Å². The van der Waals surface area contributed by atoms with Gasteiger partial charge in [-0.05, 0) is 43.8 Å². The summed E-state index contributed by atoms with van der Waals surface area (Å²) < 4.78 is 5.22. The van der Waals surface area contributed by atoms with E-state index in [9.17, 15) is 4.79 Å². The minimum atomic E-state index is -0.235. The Hall–Kier alpha value is -1.88. The lowest BCUT2D eigenvalue weighted by molar-refractivity contribution is -0.114. The summed E-state index contributed by atoms with van der Waals surface area (Å²) in [4.78, 5) is 11.8. The first kappa shape index (κ1) is 13.5. The number of allylic oxidation sites excluding steroid dienone is 1. The van der Waals surface area contributed by atoms with Crippen molar-refractivity contribution < 1.29 is 9.53 Å². The monoisotopic (exact) mass is 276 g/mol. The van der Waals surface area contributed by atoms with Crippen molar-refractivity contribution in [3.63, 3.8) is 0 Å². The third-order valence-electron chi connectivity index (χ3n) is 3.08. The molecular formula is C14H16N2O2S. The lowest BCUT2D eigenvalue weighted by Crippen LogP contribution is -2.44. The summed E-state index contributed by atoms with van der Waals surface area (Å²) in [5.74, 6) is 0.775. The summed E-state index contributed by atoms with van der Waals surface area (Å²) in [7, 11) is 1.62. The number of Topliss-reactive ketones (excluding diaryl/α,β-unsaturated/α-hetero) is 1. The average Bonchev–Trinajstić information content (AvgIpc) is 2.37. The van der Waals surface area contributed by atoms with Crippen molar-refractivity contribution in [1.29, 1.82) is 0 Å². The fourth-order valence-electron chi connectivity index (χ4n) is 2.23. The predicted molar refractivity (Wildman–Crippen MR) is 78.0 cm³/mol. The molecule has 0 aliphatic carbocycles. The zero-order valence-corrected chi connectivity index (χ0v) is 11.9. The molecule has 0 radical (unpaired) electrons. The van der Waals surface area contributed by atoms with Crippen molar-refractivity contribution in [3.8, 4) is 5.75 Å². The molecule has 2 N–H and O–H groups in total. The Labute approximate surface area is 117 Å². The van der Waals surface area contributed by atoms with Gasteiger partial charge >= 0.3 is 0 Å². The molecule has 0 spiro atoms. The lowest BCUT2D eigenvalue weighted by Gasteiger charge is -2.30. The van der Waals surface area contributed by atoms with Crippen molar-refractivity contribution in [2.45, 2.75) is 19.9 Å². The Morgan fingerprint density at radius 3 is 2.79 bits per heavy atom. The van der Waals surface area contributed by atoms with Crippen LogP contribution in [0.3, 0.4) is 0 Å². The number of ketones is 1. The van der Waals surface area contributed by atoms with Gasteiger partial charge in [-0.25, -0.2) is 0 Å². The van der Waals surface area contributed by atoms with Crippen LogP contribution in [0.2, 0.25) is 0 Å². The van der Waals surface area contributed by atoms with Crippen LogP contribution in [0.4, 0.5) is 0 Å². The van der Waals surface area contributed by atoms with Gasteiger partial charge in [-0.15, -0.1) is 0 Å². The van der Waals surface area contributed by atoms with E-state index in [4.69, 9.17) is 17.0 Å². The molecule has 4 nitrogen and oxygen atoms in total. The highest BCUT2D eigenvalue weighted by Gasteiger charge is 2.27. The van der Waals surface area contributed by atoms with Crippen LogP contribution < -0.4 is 15.4 Å². The van der Waals surface area contributed by atoms with Gasteiger partial charge in [0.2, 0.25) is 0 Å². The number of thiocarbonyl (C=S) groups is 1. The number of carbonyl (C=O) groups excluding carboxylic acids is 1. The van der Waals surface area contributed by atoms with Crippen molar-refractivity contribution in [1.82, 2.24) is 10.6 Å². The summed E-state index contributed by atoms with van der Waals surface area (Å²) in [5, 5.41) is 6.64. The normalized spacial score (nSPS) is 18.7. The number of benzene rings is 1.